The van der Waals surface area contributed by atoms with Crippen LogP contribution in [0.15, 0.2) is 24.3 Å². The quantitative estimate of drug-likeness (QED) is 0.838. The molecule has 0 aromatic heterocycles. The fourth-order valence-corrected chi connectivity index (χ4v) is 3.97. The summed E-state index contributed by atoms with van der Waals surface area (Å²) in [6.07, 6.45) is 1.98. The van der Waals surface area contributed by atoms with Crippen molar-refractivity contribution in [1.29, 1.82) is 0 Å². The largest absolute Gasteiger partial charge is 0.368 e. The van der Waals surface area contributed by atoms with Crippen LogP contribution in [0.1, 0.15) is 26.7 Å². The van der Waals surface area contributed by atoms with Crippen molar-refractivity contribution in [2.24, 2.45) is 11.8 Å². The van der Waals surface area contributed by atoms with E-state index in [2.05, 4.69) is 23.6 Å². The first-order chi connectivity index (χ1) is 12.0. The summed E-state index contributed by atoms with van der Waals surface area (Å²) in [6, 6.07) is 6.63. The van der Waals surface area contributed by atoms with Gasteiger partial charge in [0.05, 0.1) is 0 Å². The third kappa shape index (κ3) is 4.72. The number of likely N-dealkylation sites (tertiary alicyclic amines) is 1. The average Bonchev–Trinajstić information content (AvgIpc) is 2.62. The number of piperidine rings is 1. The molecule has 0 atom stereocenters. The molecule has 2 aliphatic rings. The molecule has 4 nitrogen and oxygen atoms in total. The zero-order valence-corrected chi connectivity index (χ0v) is 15.5. The van der Waals surface area contributed by atoms with Gasteiger partial charge >= 0.3 is 0 Å². The van der Waals surface area contributed by atoms with Gasteiger partial charge in [0.2, 0.25) is 5.91 Å². The second-order valence-electron chi connectivity index (χ2n) is 7.76. The predicted octanol–water partition coefficient (Wildman–Crippen LogP) is 2.84. The van der Waals surface area contributed by atoms with Gasteiger partial charge in [0, 0.05) is 44.3 Å². The van der Waals surface area contributed by atoms with Crippen LogP contribution in [0.4, 0.5) is 10.1 Å². The van der Waals surface area contributed by atoms with Crippen LogP contribution in [-0.2, 0) is 4.79 Å². The summed E-state index contributed by atoms with van der Waals surface area (Å²) in [5, 5.41) is 0. The molecule has 0 aliphatic carbocycles. The van der Waals surface area contributed by atoms with Crippen molar-refractivity contribution in [1.82, 2.24) is 9.80 Å². The van der Waals surface area contributed by atoms with Crippen molar-refractivity contribution in [3.63, 3.8) is 0 Å². The Bertz CT molecular complexity index is 559. The number of anilines is 1. The highest BCUT2D eigenvalue weighted by atomic mass is 19.1. The van der Waals surface area contributed by atoms with Crippen LogP contribution in [-0.4, -0.2) is 61.5 Å². The van der Waals surface area contributed by atoms with Gasteiger partial charge in [-0.25, -0.2) is 4.39 Å². The molecule has 0 spiro atoms. The molecule has 1 amide bonds. The molecule has 1 aromatic carbocycles. The van der Waals surface area contributed by atoms with Gasteiger partial charge < -0.3 is 14.7 Å². The summed E-state index contributed by atoms with van der Waals surface area (Å²) in [4.78, 5) is 19.6. The minimum Gasteiger partial charge on any atom is -0.368 e. The normalized spacial score (nSPS) is 20.3. The van der Waals surface area contributed by atoms with Crippen molar-refractivity contribution >= 4 is 11.6 Å². The van der Waals surface area contributed by atoms with Crippen LogP contribution in [0.25, 0.3) is 0 Å². The lowest BCUT2D eigenvalue weighted by atomic mass is 9.94. The lowest BCUT2D eigenvalue weighted by Gasteiger charge is -2.39. The van der Waals surface area contributed by atoms with Crippen molar-refractivity contribution < 1.29 is 9.18 Å². The first-order valence-corrected chi connectivity index (χ1v) is 9.54. The van der Waals surface area contributed by atoms with Gasteiger partial charge in [-0.3, -0.25) is 4.79 Å². The Balaban J connectivity index is 1.46. The van der Waals surface area contributed by atoms with Gasteiger partial charge in [0.25, 0.3) is 0 Å². The Kier molecular flexibility index (Phi) is 5.94. The molecule has 25 heavy (non-hydrogen) atoms. The minimum absolute atomic E-state index is 0.195. The maximum atomic E-state index is 13.1. The zero-order chi connectivity index (χ0) is 17.8. The van der Waals surface area contributed by atoms with Crippen LogP contribution in [0, 0.1) is 17.7 Å². The Morgan fingerprint density at radius 2 is 1.64 bits per heavy atom. The fraction of sp³-hybridized carbons (Fsp3) is 0.650. The van der Waals surface area contributed by atoms with Crippen molar-refractivity contribution in [3.8, 4) is 0 Å². The van der Waals surface area contributed by atoms with Crippen LogP contribution < -0.4 is 4.90 Å². The highest BCUT2D eigenvalue weighted by molar-refractivity contribution is 5.79. The van der Waals surface area contributed by atoms with E-state index in [-0.39, 0.29) is 11.7 Å². The molecule has 0 N–H and O–H groups in total. The van der Waals surface area contributed by atoms with Crippen LogP contribution in [0.3, 0.4) is 0 Å². The van der Waals surface area contributed by atoms with E-state index < -0.39 is 0 Å². The molecule has 2 heterocycles. The topological polar surface area (TPSA) is 26.8 Å². The maximum absolute atomic E-state index is 13.1. The van der Waals surface area contributed by atoms with E-state index in [1.807, 2.05) is 17.0 Å². The third-order valence-electron chi connectivity index (χ3n) is 5.34. The highest BCUT2D eigenvalue weighted by Crippen LogP contribution is 2.22. The summed E-state index contributed by atoms with van der Waals surface area (Å²) < 4.78 is 13.1. The number of hydrogen-bond acceptors (Lipinski definition) is 3. The van der Waals surface area contributed by atoms with E-state index in [0.29, 0.717) is 11.8 Å². The van der Waals surface area contributed by atoms with E-state index in [1.54, 1.807) is 0 Å². The molecule has 1 aromatic rings. The van der Waals surface area contributed by atoms with Gasteiger partial charge in [-0.2, -0.15) is 0 Å². The highest BCUT2D eigenvalue weighted by Gasteiger charge is 2.30. The first kappa shape index (κ1) is 18.2. The van der Waals surface area contributed by atoms with Crippen LogP contribution >= 0.6 is 0 Å². The van der Waals surface area contributed by atoms with Crippen LogP contribution in [0.2, 0.25) is 0 Å². The molecule has 0 unspecified atom stereocenters. The molecular formula is C20H30FN3O. The minimum atomic E-state index is -0.207. The second kappa shape index (κ2) is 8.17. The number of carbonyl (C=O) groups is 1. The van der Waals surface area contributed by atoms with Gasteiger partial charge in [0.1, 0.15) is 5.82 Å². The van der Waals surface area contributed by atoms with E-state index in [4.69, 9.17) is 0 Å². The molecular weight excluding hydrogens is 317 g/mol. The molecule has 2 aliphatic heterocycles. The number of piperazine rings is 1. The van der Waals surface area contributed by atoms with Gasteiger partial charge in [-0.1, -0.05) is 13.8 Å². The molecule has 0 bridgehead atoms. The molecule has 138 valence electrons. The molecule has 2 saturated heterocycles. The number of carbonyl (C=O) groups excluding carboxylic acids is 1. The Morgan fingerprint density at radius 1 is 1.04 bits per heavy atom. The Morgan fingerprint density at radius 3 is 2.20 bits per heavy atom. The Labute approximate surface area is 150 Å². The van der Waals surface area contributed by atoms with Crippen LogP contribution in [0.5, 0.6) is 0 Å². The van der Waals surface area contributed by atoms with E-state index in [9.17, 15) is 9.18 Å². The average molecular weight is 347 g/mol. The smallest absolute Gasteiger partial charge is 0.225 e. The second-order valence-corrected chi connectivity index (χ2v) is 7.76. The molecule has 3 rings (SSSR count). The van der Waals surface area contributed by atoms with Gasteiger partial charge in [-0.05, 0) is 56.1 Å². The number of hydrogen-bond donors (Lipinski definition) is 0. The van der Waals surface area contributed by atoms with Crippen molar-refractivity contribution in [3.05, 3.63) is 30.1 Å². The van der Waals surface area contributed by atoms with E-state index >= 15 is 0 Å². The van der Waals surface area contributed by atoms with E-state index in [0.717, 1.165) is 64.3 Å². The standard InChI is InChI=1S/C20H30FN3O/c1-16(2)15-22-9-7-17(8-10-22)20(25)24-13-11-23(12-14-24)19-5-3-18(21)4-6-19/h3-6,16-17H,7-15H2,1-2H3. The van der Waals surface area contributed by atoms with Gasteiger partial charge in [0.15, 0.2) is 0 Å². The van der Waals surface area contributed by atoms with E-state index in [1.165, 1.54) is 12.1 Å². The third-order valence-corrected chi connectivity index (χ3v) is 5.34. The first-order valence-electron chi connectivity index (χ1n) is 9.54. The van der Waals surface area contributed by atoms with Gasteiger partial charge in [-0.15, -0.1) is 0 Å². The van der Waals surface area contributed by atoms with Crippen molar-refractivity contribution in [2.75, 3.05) is 50.7 Å². The molecule has 0 saturated carbocycles. The molecule has 2 fully saturated rings. The number of benzene rings is 1. The molecule has 5 heteroatoms. The summed E-state index contributed by atoms with van der Waals surface area (Å²) in [5.41, 5.74) is 1.04. The predicted molar refractivity (Wildman–Crippen MR) is 99.2 cm³/mol. The maximum Gasteiger partial charge on any atom is 0.225 e. The lowest BCUT2D eigenvalue weighted by Crippen LogP contribution is -2.51. The lowest BCUT2D eigenvalue weighted by molar-refractivity contribution is -0.137. The summed E-state index contributed by atoms with van der Waals surface area (Å²) in [7, 11) is 0. The number of halogens is 1. The fourth-order valence-electron chi connectivity index (χ4n) is 3.97. The number of rotatable bonds is 4. The monoisotopic (exact) mass is 347 g/mol. The summed E-state index contributed by atoms with van der Waals surface area (Å²) in [6.45, 7) is 10.9. The zero-order valence-electron chi connectivity index (χ0n) is 15.5. The SMILES string of the molecule is CC(C)CN1CCC(C(=O)N2CCN(c3ccc(F)cc3)CC2)CC1. The van der Waals surface area contributed by atoms with Crippen molar-refractivity contribution in [2.45, 2.75) is 26.7 Å². The Hall–Kier alpha value is -1.62. The summed E-state index contributed by atoms with van der Waals surface area (Å²) in [5.74, 6) is 1.01. The number of nitrogens with zero attached hydrogens (tertiary/aromatic N) is 3. The molecule has 0 radical (unpaired) electrons. The number of amides is 1. The summed E-state index contributed by atoms with van der Waals surface area (Å²) >= 11 is 0.